The lowest BCUT2D eigenvalue weighted by Gasteiger charge is -2.27. The Morgan fingerprint density at radius 1 is 0.780 bits per heavy atom. The molecule has 214 valence electrons. The lowest BCUT2D eigenvalue weighted by molar-refractivity contribution is -0.162. The van der Waals surface area contributed by atoms with Gasteiger partial charge in [0.2, 0.25) is 0 Å². The number of esters is 3. The summed E-state index contributed by atoms with van der Waals surface area (Å²) in [5.41, 5.74) is 4.95. The molecule has 4 rings (SSSR count). The first-order chi connectivity index (χ1) is 19.6. The number of carbonyl (C=O) groups excluding carboxylic acids is 3. The molecule has 0 aromatic heterocycles. The van der Waals surface area contributed by atoms with E-state index in [-0.39, 0.29) is 31.5 Å². The van der Waals surface area contributed by atoms with Gasteiger partial charge in [-0.3, -0.25) is 9.59 Å². The van der Waals surface area contributed by atoms with Crippen molar-refractivity contribution in [2.75, 3.05) is 13.2 Å². The molecular formula is C35H38O6. The molecular weight excluding hydrogens is 516 g/mol. The van der Waals surface area contributed by atoms with E-state index >= 15 is 0 Å². The first-order valence-electron chi connectivity index (χ1n) is 14.1. The van der Waals surface area contributed by atoms with Crippen molar-refractivity contribution in [1.82, 2.24) is 0 Å². The molecule has 2 unspecified atom stereocenters. The molecule has 1 aliphatic carbocycles. The van der Waals surface area contributed by atoms with Crippen molar-refractivity contribution >= 4 is 24.0 Å². The summed E-state index contributed by atoms with van der Waals surface area (Å²) in [7, 11) is 0. The summed E-state index contributed by atoms with van der Waals surface area (Å²) >= 11 is 0. The third-order valence-corrected chi connectivity index (χ3v) is 7.05. The van der Waals surface area contributed by atoms with Crippen LogP contribution in [0, 0.1) is 11.8 Å². The van der Waals surface area contributed by atoms with Gasteiger partial charge in [0.15, 0.2) is 0 Å². The van der Waals surface area contributed by atoms with Gasteiger partial charge in [0, 0.05) is 12.0 Å². The van der Waals surface area contributed by atoms with Crippen LogP contribution in [0.2, 0.25) is 0 Å². The van der Waals surface area contributed by atoms with Gasteiger partial charge in [0.05, 0.1) is 11.8 Å². The molecule has 3 aromatic carbocycles. The highest BCUT2D eigenvalue weighted by atomic mass is 16.6. The average Bonchev–Trinajstić information content (AvgIpc) is 3.26. The van der Waals surface area contributed by atoms with Crippen LogP contribution in [0.25, 0.3) is 17.2 Å². The standard InChI is InChI=1S/C35H38O6/c1-24(33(37)40-21-20-39-32(36)19-18-25-12-6-5-7-13-25)22-26(34(38)41-35(2,3)4)23-31-29-16-10-8-14-27(29)28-15-9-11-17-30(28)31/h5-19,24,26,31H,20-23H2,1-4H3. The lowest BCUT2D eigenvalue weighted by Crippen LogP contribution is -2.32. The van der Waals surface area contributed by atoms with Crippen LogP contribution in [-0.4, -0.2) is 36.7 Å². The Morgan fingerprint density at radius 2 is 1.34 bits per heavy atom. The summed E-state index contributed by atoms with van der Waals surface area (Å²) in [6.45, 7) is 7.17. The van der Waals surface area contributed by atoms with Crippen LogP contribution in [0.5, 0.6) is 0 Å². The van der Waals surface area contributed by atoms with Crippen molar-refractivity contribution in [3.05, 3.63) is 102 Å². The van der Waals surface area contributed by atoms with E-state index in [9.17, 15) is 14.4 Å². The average molecular weight is 555 g/mol. The summed E-state index contributed by atoms with van der Waals surface area (Å²) in [6, 6.07) is 25.9. The number of rotatable bonds is 11. The highest BCUT2D eigenvalue weighted by Crippen LogP contribution is 2.48. The van der Waals surface area contributed by atoms with Gasteiger partial charge in [-0.2, -0.15) is 0 Å². The Morgan fingerprint density at radius 3 is 1.95 bits per heavy atom. The second-order valence-electron chi connectivity index (χ2n) is 11.4. The summed E-state index contributed by atoms with van der Waals surface area (Å²) < 4.78 is 16.3. The molecule has 0 amide bonds. The lowest BCUT2D eigenvalue weighted by atomic mass is 9.83. The Balaban J connectivity index is 1.36. The minimum absolute atomic E-state index is 0.0199. The molecule has 0 saturated carbocycles. The fourth-order valence-corrected chi connectivity index (χ4v) is 5.20. The number of fused-ring (bicyclic) bond motifs is 3. The minimum Gasteiger partial charge on any atom is -0.462 e. The van der Waals surface area contributed by atoms with Crippen LogP contribution in [0.3, 0.4) is 0 Å². The van der Waals surface area contributed by atoms with E-state index in [1.54, 1.807) is 13.0 Å². The van der Waals surface area contributed by atoms with Gasteiger partial charge in [-0.25, -0.2) is 4.79 Å². The smallest absolute Gasteiger partial charge is 0.330 e. The van der Waals surface area contributed by atoms with Crippen molar-refractivity contribution in [3.8, 4) is 11.1 Å². The molecule has 0 spiro atoms. The molecule has 3 aromatic rings. The molecule has 6 nitrogen and oxygen atoms in total. The van der Waals surface area contributed by atoms with Crippen molar-refractivity contribution in [2.24, 2.45) is 11.8 Å². The molecule has 1 aliphatic rings. The Kier molecular flexibility index (Phi) is 9.77. The normalized spacial score (nSPS) is 14.1. The quantitative estimate of drug-likeness (QED) is 0.110. The van der Waals surface area contributed by atoms with Crippen LogP contribution in [0.4, 0.5) is 0 Å². The van der Waals surface area contributed by atoms with E-state index in [4.69, 9.17) is 14.2 Å². The summed E-state index contributed by atoms with van der Waals surface area (Å²) in [6.07, 6.45) is 3.80. The number of benzene rings is 3. The summed E-state index contributed by atoms with van der Waals surface area (Å²) in [5, 5.41) is 0. The third-order valence-electron chi connectivity index (χ3n) is 7.05. The SMILES string of the molecule is CC(CC(CC1c2ccccc2-c2ccccc21)C(=O)OC(C)(C)C)C(=O)OCCOC(=O)C=Cc1ccccc1. The molecule has 2 atom stereocenters. The number of carbonyl (C=O) groups is 3. The monoisotopic (exact) mass is 554 g/mol. The largest absolute Gasteiger partial charge is 0.462 e. The molecule has 0 heterocycles. The Hall–Kier alpha value is -4.19. The molecule has 0 saturated heterocycles. The van der Waals surface area contributed by atoms with Crippen molar-refractivity contribution in [1.29, 1.82) is 0 Å². The van der Waals surface area contributed by atoms with E-state index < -0.39 is 29.4 Å². The zero-order valence-corrected chi connectivity index (χ0v) is 24.2. The number of ether oxygens (including phenoxy) is 3. The maximum absolute atomic E-state index is 13.4. The second-order valence-corrected chi connectivity index (χ2v) is 11.4. The summed E-state index contributed by atoms with van der Waals surface area (Å²) in [4.78, 5) is 38.2. The Labute approximate surface area is 242 Å². The predicted octanol–water partition coefficient (Wildman–Crippen LogP) is 6.97. The number of hydrogen-bond acceptors (Lipinski definition) is 6. The van der Waals surface area contributed by atoms with Crippen molar-refractivity contribution in [3.63, 3.8) is 0 Å². The second kappa shape index (κ2) is 13.4. The Bertz CT molecular complexity index is 1340. The van der Waals surface area contributed by atoms with Gasteiger partial charge in [0.1, 0.15) is 18.8 Å². The van der Waals surface area contributed by atoms with E-state index in [1.807, 2.05) is 75.4 Å². The minimum atomic E-state index is -0.649. The first kappa shape index (κ1) is 29.8. The van der Waals surface area contributed by atoms with Gasteiger partial charge in [0.25, 0.3) is 0 Å². The number of hydrogen-bond donors (Lipinski definition) is 0. The fourth-order valence-electron chi connectivity index (χ4n) is 5.20. The third kappa shape index (κ3) is 8.16. The molecule has 0 bridgehead atoms. The predicted molar refractivity (Wildman–Crippen MR) is 159 cm³/mol. The fraction of sp³-hybridized carbons (Fsp3) is 0.343. The molecule has 0 N–H and O–H groups in total. The molecule has 0 radical (unpaired) electrons. The molecule has 0 aliphatic heterocycles. The molecule has 0 fully saturated rings. The van der Waals surface area contributed by atoms with Gasteiger partial charge in [-0.1, -0.05) is 85.8 Å². The van der Waals surface area contributed by atoms with Crippen LogP contribution < -0.4 is 0 Å². The van der Waals surface area contributed by atoms with Gasteiger partial charge < -0.3 is 14.2 Å². The summed E-state index contributed by atoms with van der Waals surface area (Å²) in [5.74, 6) is -2.32. The maximum Gasteiger partial charge on any atom is 0.330 e. The van der Waals surface area contributed by atoms with Crippen molar-refractivity contribution < 1.29 is 28.6 Å². The molecule has 41 heavy (non-hydrogen) atoms. The van der Waals surface area contributed by atoms with E-state index in [2.05, 4.69) is 24.3 Å². The van der Waals surface area contributed by atoms with Gasteiger partial charge in [-0.05, 0) is 67.5 Å². The van der Waals surface area contributed by atoms with Crippen molar-refractivity contribution in [2.45, 2.75) is 52.1 Å². The topological polar surface area (TPSA) is 78.9 Å². The van der Waals surface area contributed by atoms with Gasteiger partial charge in [-0.15, -0.1) is 0 Å². The van der Waals surface area contributed by atoms with Crippen LogP contribution >= 0.6 is 0 Å². The first-order valence-corrected chi connectivity index (χ1v) is 14.1. The van der Waals surface area contributed by atoms with E-state index in [1.165, 1.54) is 28.3 Å². The van der Waals surface area contributed by atoms with Crippen LogP contribution in [0.1, 0.15) is 63.1 Å². The highest BCUT2D eigenvalue weighted by molar-refractivity contribution is 5.87. The molecule has 6 heteroatoms. The van der Waals surface area contributed by atoms with Crippen LogP contribution in [-0.2, 0) is 28.6 Å². The van der Waals surface area contributed by atoms with E-state index in [0.717, 1.165) is 5.56 Å². The highest BCUT2D eigenvalue weighted by Gasteiger charge is 2.36. The zero-order valence-electron chi connectivity index (χ0n) is 24.2. The zero-order chi connectivity index (χ0) is 29.4. The maximum atomic E-state index is 13.4. The van der Waals surface area contributed by atoms with Crippen LogP contribution in [0.15, 0.2) is 84.9 Å². The van der Waals surface area contributed by atoms with E-state index in [0.29, 0.717) is 6.42 Å². The van der Waals surface area contributed by atoms with Gasteiger partial charge >= 0.3 is 17.9 Å².